The highest BCUT2D eigenvalue weighted by atomic mass is 32.2. The Hall–Kier alpha value is -1.98. The Kier molecular flexibility index (Phi) is 7.82. The van der Waals surface area contributed by atoms with Crippen LogP contribution in [0.2, 0.25) is 0 Å². The predicted molar refractivity (Wildman–Crippen MR) is 107 cm³/mol. The van der Waals surface area contributed by atoms with Crippen molar-refractivity contribution in [3.63, 3.8) is 0 Å². The molecule has 0 saturated carbocycles. The summed E-state index contributed by atoms with van der Waals surface area (Å²) in [7, 11) is 0. The van der Waals surface area contributed by atoms with Crippen LogP contribution in [0.4, 0.5) is 11.4 Å². The van der Waals surface area contributed by atoms with Crippen molar-refractivity contribution < 1.29 is 9.90 Å². The van der Waals surface area contributed by atoms with E-state index in [1.807, 2.05) is 24.5 Å². The molecule has 0 bridgehead atoms. The Morgan fingerprint density at radius 2 is 1.76 bits per heavy atom. The predicted octanol–water partition coefficient (Wildman–Crippen LogP) is 4.14. The van der Waals surface area contributed by atoms with E-state index in [0.29, 0.717) is 13.0 Å². The number of aliphatic carboxylic acids is 1. The fourth-order valence-electron chi connectivity index (χ4n) is 2.71. The number of anilines is 2. The summed E-state index contributed by atoms with van der Waals surface area (Å²) in [5, 5.41) is 12.4. The maximum atomic E-state index is 11.3. The zero-order valence-corrected chi connectivity index (χ0v) is 15.6. The average molecular weight is 359 g/mol. The highest BCUT2D eigenvalue weighted by Crippen LogP contribution is 2.25. The van der Waals surface area contributed by atoms with Crippen LogP contribution >= 0.6 is 11.8 Å². The molecule has 0 aliphatic heterocycles. The first-order valence-corrected chi connectivity index (χ1v) is 9.91. The first-order chi connectivity index (χ1) is 12.2. The highest BCUT2D eigenvalue weighted by molar-refractivity contribution is 7.98. The van der Waals surface area contributed by atoms with Crippen LogP contribution in [0.25, 0.3) is 0 Å². The summed E-state index contributed by atoms with van der Waals surface area (Å²) in [6.07, 6.45) is 2.62. The number of benzene rings is 2. The van der Waals surface area contributed by atoms with E-state index in [4.69, 9.17) is 0 Å². The van der Waals surface area contributed by atoms with Crippen molar-refractivity contribution in [3.8, 4) is 0 Å². The molecule has 2 rings (SSSR count). The molecule has 5 heteroatoms. The van der Waals surface area contributed by atoms with E-state index in [-0.39, 0.29) is 0 Å². The summed E-state index contributed by atoms with van der Waals surface area (Å²) in [5.41, 5.74) is 3.39. The summed E-state index contributed by atoms with van der Waals surface area (Å²) in [6, 6.07) is 18.1. The van der Waals surface area contributed by atoms with Gasteiger partial charge < -0.3 is 15.3 Å². The van der Waals surface area contributed by atoms with Crippen molar-refractivity contribution >= 4 is 29.1 Å². The quantitative estimate of drug-likeness (QED) is 0.668. The van der Waals surface area contributed by atoms with Gasteiger partial charge in [-0.2, -0.15) is 11.8 Å². The first-order valence-electron chi connectivity index (χ1n) is 8.52. The lowest BCUT2D eigenvalue weighted by Gasteiger charge is -2.23. The molecule has 25 heavy (non-hydrogen) atoms. The van der Waals surface area contributed by atoms with Crippen LogP contribution in [0.3, 0.4) is 0 Å². The number of nitrogens with zero attached hydrogens (tertiary/aromatic N) is 1. The Labute approximate surface area is 154 Å². The second-order valence-electron chi connectivity index (χ2n) is 5.80. The molecule has 0 aromatic heterocycles. The van der Waals surface area contributed by atoms with Crippen LogP contribution < -0.4 is 10.2 Å². The van der Waals surface area contributed by atoms with E-state index in [1.165, 1.54) is 5.69 Å². The fourth-order valence-corrected chi connectivity index (χ4v) is 3.18. The molecule has 0 radical (unpaired) electrons. The number of hydrogen-bond donors (Lipinski definition) is 2. The van der Waals surface area contributed by atoms with Crippen LogP contribution in [0.15, 0.2) is 54.6 Å². The fraction of sp³-hybridized carbons (Fsp3) is 0.350. The molecule has 0 heterocycles. The minimum Gasteiger partial charge on any atom is -0.480 e. The zero-order valence-electron chi connectivity index (χ0n) is 14.8. The number of thioether (sulfide) groups is 1. The number of carboxylic acids is 1. The zero-order chi connectivity index (χ0) is 18.1. The van der Waals surface area contributed by atoms with Crippen LogP contribution in [0.1, 0.15) is 18.9 Å². The maximum absolute atomic E-state index is 11.3. The second kappa shape index (κ2) is 10.1. The standard InChI is InChI=1S/C20H26N2O2S/c1-3-22(17-7-5-4-6-8-17)18-11-9-16(10-12-18)15-21-19(20(23)24)13-14-25-2/h4-12,19,21H,3,13-15H2,1-2H3,(H,23,24). The number of hydrogen-bond acceptors (Lipinski definition) is 4. The molecule has 134 valence electrons. The number of rotatable bonds is 10. The minimum absolute atomic E-state index is 0.497. The molecule has 0 fully saturated rings. The molecule has 2 aromatic carbocycles. The van der Waals surface area contributed by atoms with Gasteiger partial charge in [-0.3, -0.25) is 4.79 Å². The number of carbonyl (C=O) groups is 1. The average Bonchev–Trinajstić information content (AvgIpc) is 2.64. The summed E-state index contributed by atoms with van der Waals surface area (Å²) < 4.78 is 0. The molecule has 1 atom stereocenters. The molecule has 1 unspecified atom stereocenters. The van der Waals surface area contributed by atoms with Gasteiger partial charge in [0.25, 0.3) is 0 Å². The first kappa shape index (κ1) is 19.3. The third-order valence-electron chi connectivity index (χ3n) is 4.09. The number of para-hydroxylation sites is 1. The molecule has 2 aromatic rings. The van der Waals surface area contributed by atoms with Gasteiger partial charge in [0, 0.05) is 24.5 Å². The molecular formula is C20H26N2O2S. The van der Waals surface area contributed by atoms with E-state index in [0.717, 1.165) is 23.5 Å². The molecule has 2 N–H and O–H groups in total. The van der Waals surface area contributed by atoms with Gasteiger partial charge >= 0.3 is 5.97 Å². The van der Waals surface area contributed by atoms with Crippen molar-refractivity contribution in [2.24, 2.45) is 0 Å². The van der Waals surface area contributed by atoms with Crippen molar-refractivity contribution in [2.45, 2.75) is 25.9 Å². The van der Waals surface area contributed by atoms with Crippen LogP contribution in [-0.2, 0) is 11.3 Å². The summed E-state index contributed by atoms with van der Waals surface area (Å²) in [4.78, 5) is 13.5. The van der Waals surface area contributed by atoms with E-state index in [2.05, 4.69) is 53.5 Å². The van der Waals surface area contributed by atoms with Crippen molar-refractivity contribution in [1.82, 2.24) is 5.32 Å². The van der Waals surface area contributed by atoms with Gasteiger partial charge in [0.15, 0.2) is 0 Å². The van der Waals surface area contributed by atoms with E-state index in [1.54, 1.807) is 11.8 Å². The molecule has 0 aliphatic rings. The molecular weight excluding hydrogens is 332 g/mol. The topological polar surface area (TPSA) is 52.6 Å². The lowest BCUT2D eigenvalue weighted by molar-refractivity contribution is -0.139. The summed E-state index contributed by atoms with van der Waals surface area (Å²) in [6.45, 7) is 3.58. The second-order valence-corrected chi connectivity index (χ2v) is 6.79. The minimum atomic E-state index is -0.785. The van der Waals surface area contributed by atoms with E-state index >= 15 is 0 Å². The van der Waals surface area contributed by atoms with Gasteiger partial charge in [0.2, 0.25) is 0 Å². The summed E-state index contributed by atoms with van der Waals surface area (Å²) in [5.74, 6) is 0.0535. The smallest absolute Gasteiger partial charge is 0.320 e. The van der Waals surface area contributed by atoms with E-state index < -0.39 is 12.0 Å². The Morgan fingerprint density at radius 3 is 2.32 bits per heavy atom. The van der Waals surface area contributed by atoms with Crippen LogP contribution in [0, 0.1) is 0 Å². The molecule has 0 aliphatic carbocycles. The Morgan fingerprint density at radius 1 is 1.12 bits per heavy atom. The molecule has 0 amide bonds. The third kappa shape index (κ3) is 5.80. The molecule has 4 nitrogen and oxygen atoms in total. The largest absolute Gasteiger partial charge is 0.480 e. The van der Waals surface area contributed by atoms with Gasteiger partial charge in [-0.05, 0) is 55.2 Å². The Balaban J connectivity index is 2.00. The lowest BCUT2D eigenvalue weighted by Crippen LogP contribution is -2.36. The van der Waals surface area contributed by atoms with Gasteiger partial charge in [-0.25, -0.2) is 0 Å². The van der Waals surface area contributed by atoms with Gasteiger partial charge in [0.1, 0.15) is 6.04 Å². The molecule has 0 saturated heterocycles. The van der Waals surface area contributed by atoms with Gasteiger partial charge in [-0.1, -0.05) is 30.3 Å². The lowest BCUT2D eigenvalue weighted by atomic mass is 10.1. The normalized spacial score (nSPS) is 11.9. The SMILES string of the molecule is CCN(c1ccccc1)c1ccc(CNC(CCSC)C(=O)O)cc1. The van der Waals surface area contributed by atoms with Gasteiger partial charge in [0.05, 0.1) is 0 Å². The van der Waals surface area contributed by atoms with Crippen molar-refractivity contribution in [1.29, 1.82) is 0 Å². The Bertz CT molecular complexity index is 647. The number of nitrogens with one attached hydrogen (secondary N) is 1. The van der Waals surface area contributed by atoms with Crippen LogP contribution in [0.5, 0.6) is 0 Å². The molecule has 0 spiro atoms. The third-order valence-corrected chi connectivity index (χ3v) is 4.74. The van der Waals surface area contributed by atoms with Gasteiger partial charge in [-0.15, -0.1) is 0 Å². The monoisotopic (exact) mass is 358 g/mol. The summed E-state index contributed by atoms with van der Waals surface area (Å²) >= 11 is 1.67. The van der Waals surface area contributed by atoms with Crippen LogP contribution in [-0.4, -0.2) is 35.7 Å². The van der Waals surface area contributed by atoms with Crippen molar-refractivity contribution in [3.05, 3.63) is 60.2 Å². The maximum Gasteiger partial charge on any atom is 0.320 e. The van der Waals surface area contributed by atoms with E-state index in [9.17, 15) is 9.90 Å². The highest BCUT2D eigenvalue weighted by Gasteiger charge is 2.16. The van der Waals surface area contributed by atoms with Crippen molar-refractivity contribution in [2.75, 3.05) is 23.5 Å². The number of carboxylic acid groups (broad SMARTS) is 1.